The molecule has 0 saturated heterocycles. The Kier molecular flexibility index (Phi) is 6.41. The number of aromatic nitrogens is 2. The molecule has 0 spiro atoms. The maximum Gasteiger partial charge on any atom is 0.0629 e. The van der Waals surface area contributed by atoms with Gasteiger partial charge in [0.05, 0.1) is 11.7 Å². The maximum absolute atomic E-state index is 4.74. The first-order valence-corrected chi connectivity index (χ1v) is 7.40. The smallest absolute Gasteiger partial charge is 0.0629 e. The highest BCUT2D eigenvalue weighted by molar-refractivity contribution is 5.25. The Morgan fingerprint density at radius 2 is 1.78 bits per heavy atom. The van der Waals surface area contributed by atoms with Crippen LogP contribution in [-0.4, -0.2) is 22.9 Å². The van der Waals surface area contributed by atoms with E-state index in [0.29, 0.717) is 6.04 Å². The molecule has 3 nitrogen and oxygen atoms in total. The lowest BCUT2D eigenvalue weighted by atomic mass is 10.1. The highest BCUT2D eigenvalue weighted by atomic mass is 15.3. The Morgan fingerprint density at radius 1 is 1.11 bits per heavy atom. The molecular weight excluding hydrogens is 222 g/mol. The Bertz CT molecular complexity index is 351. The second-order valence-electron chi connectivity index (χ2n) is 5.06. The topological polar surface area (TPSA) is 29.9 Å². The third kappa shape index (κ3) is 3.58. The molecule has 0 radical (unpaired) electrons. The summed E-state index contributed by atoms with van der Waals surface area (Å²) >= 11 is 0. The average molecular weight is 251 g/mol. The SMILES string of the molecule is CCCNCCc1c(C)nn(C(CC)CC)c1C. The minimum absolute atomic E-state index is 0.557. The van der Waals surface area contributed by atoms with Crippen LogP contribution >= 0.6 is 0 Å². The van der Waals surface area contributed by atoms with Crippen molar-refractivity contribution in [3.8, 4) is 0 Å². The normalized spacial score (nSPS) is 11.4. The van der Waals surface area contributed by atoms with E-state index in [9.17, 15) is 0 Å². The molecule has 0 fully saturated rings. The van der Waals surface area contributed by atoms with Gasteiger partial charge in [-0.05, 0) is 58.2 Å². The number of nitrogens with zero attached hydrogens (tertiary/aromatic N) is 2. The van der Waals surface area contributed by atoms with Gasteiger partial charge in [-0.1, -0.05) is 20.8 Å². The monoisotopic (exact) mass is 251 g/mol. The molecule has 0 aliphatic rings. The van der Waals surface area contributed by atoms with Crippen molar-refractivity contribution in [1.29, 1.82) is 0 Å². The molecule has 0 aliphatic carbocycles. The highest BCUT2D eigenvalue weighted by Crippen LogP contribution is 2.21. The second-order valence-corrected chi connectivity index (χ2v) is 5.06. The van der Waals surface area contributed by atoms with Crippen LogP contribution in [0.25, 0.3) is 0 Å². The molecule has 1 aromatic rings. The van der Waals surface area contributed by atoms with E-state index in [-0.39, 0.29) is 0 Å². The van der Waals surface area contributed by atoms with E-state index >= 15 is 0 Å². The lowest BCUT2D eigenvalue weighted by Gasteiger charge is -2.15. The van der Waals surface area contributed by atoms with Crippen molar-refractivity contribution in [1.82, 2.24) is 15.1 Å². The first kappa shape index (κ1) is 15.2. The van der Waals surface area contributed by atoms with E-state index in [1.165, 1.54) is 23.4 Å². The Hall–Kier alpha value is -0.830. The molecule has 0 atom stereocenters. The Morgan fingerprint density at radius 3 is 2.33 bits per heavy atom. The predicted molar refractivity (Wildman–Crippen MR) is 78.2 cm³/mol. The van der Waals surface area contributed by atoms with E-state index < -0.39 is 0 Å². The molecule has 0 aromatic carbocycles. The largest absolute Gasteiger partial charge is 0.316 e. The van der Waals surface area contributed by atoms with Gasteiger partial charge in [0.15, 0.2) is 0 Å². The molecule has 3 heteroatoms. The number of hydrogen-bond donors (Lipinski definition) is 1. The fourth-order valence-electron chi connectivity index (χ4n) is 2.56. The fourth-order valence-corrected chi connectivity index (χ4v) is 2.56. The Balaban J connectivity index is 2.74. The summed E-state index contributed by atoms with van der Waals surface area (Å²) in [6.07, 6.45) is 4.61. The summed E-state index contributed by atoms with van der Waals surface area (Å²) in [6, 6.07) is 0.557. The first-order valence-electron chi connectivity index (χ1n) is 7.40. The fraction of sp³-hybridized carbons (Fsp3) is 0.800. The van der Waals surface area contributed by atoms with Gasteiger partial charge in [-0.2, -0.15) is 5.10 Å². The minimum atomic E-state index is 0.557. The van der Waals surface area contributed by atoms with Gasteiger partial charge in [0.1, 0.15) is 0 Å². The molecule has 0 amide bonds. The third-order valence-corrected chi connectivity index (χ3v) is 3.74. The predicted octanol–water partition coefficient (Wildman–Crippen LogP) is 3.40. The van der Waals surface area contributed by atoms with Crippen molar-refractivity contribution in [2.45, 2.75) is 66.3 Å². The zero-order valence-electron chi connectivity index (χ0n) is 12.7. The van der Waals surface area contributed by atoms with Crippen LogP contribution in [0.2, 0.25) is 0 Å². The maximum atomic E-state index is 4.74. The van der Waals surface area contributed by atoms with Crippen molar-refractivity contribution in [3.63, 3.8) is 0 Å². The average Bonchev–Trinajstić information content (AvgIpc) is 2.64. The minimum Gasteiger partial charge on any atom is -0.316 e. The Labute approximate surface area is 112 Å². The highest BCUT2D eigenvalue weighted by Gasteiger charge is 2.15. The van der Waals surface area contributed by atoms with Gasteiger partial charge in [-0.15, -0.1) is 0 Å². The third-order valence-electron chi connectivity index (χ3n) is 3.74. The molecule has 18 heavy (non-hydrogen) atoms. The number of hydrogen-bond acceptors (Lipinski definition) is 2. The number of aryl methyl sites for hydroxylation is 1. The van der Waals surface area contributed by atoms with Gasteiger partial charge in [0.25, 0.3) is 0 Å². The summed E-state index contributed by atoms with van der Waals surface area (Å²) in [7, 11) is 0. The van der Waals surface area contributed by atoms with Crippen LogP contribution in [0.1, 0.15) is 63.0 Å². The zero-order chi connectivity index (χ0) is 13.5. The zero-order valence-corrected chi connectivity index (χ0v) is 12.7. The van der Waals surface area contributed by atoms with Crippen LogP contribution in [0.15, 0.2) is 0 Å². The van der Waals surface area contributed by atoms with Crippen molar-refractivity contribution in [3.05, 3.63) is 17.0 Å². The molecule has 1 N–H and O–H groups in total. The van der Waals surface area contributed by atoms with Crippen molar-refractivity contribution < 1.29 is 0 Å². The van der Waals surface area contributed by atoms with Crippen LogP contribution < -0.4 is 5.32 Å². The van der Waals surface area contributed by atoms with Gasteiger partial charge >= 0.3 is 0 Å². The summed E-state index contributed by atoms with van der Waals surface area (Å²) in [4.78, 5) is 0. The van der Waals surface area contributed by atoms with E-state index in [2.05, 4.69) is 44.6 Å². The number of rotatable bonds is 8. The summed E-state index contributed by atoms with van der Waals surface area (Å²) < 4.78 is 2.24. The summed E-state index contributed by atoms with van der Waals surface area (Å²) in [5.74, 6) is 0. The molecule has 1 aromatic heterocycles. The molecule has 0 bridgehead atoms. The molecule has 0 aliphatic heterocycles. The van der Waals surface area contributed by atoms with Crippen LogP contribution in [0.5, 0.6) is 0 Å². The van der Waals surface area contributed by atoms with Gasteiger partial charge in [0.2, 0.25) is 0 Å². The van der Waals surface area contributed by atoms with Crippen molar-refractivity contribution in [2.24, 2.45) is 0 Å². The van der Waals surface area contributed by atoms with E-state index in [1.54, 1.807) is 0 Å². The summed E-state index contributed by atoms with van der Waals surface area (Å²) in [5.41, 5.74) is 4.00. The summed E-state index contributed by atoms with van der Waals surface area (Å²) in [6.45, 7) is 13.2. The summed E-state index contributed by atoms with van der Waals surface area (Å²) in [5, 5.41) is 8.21. The number of nitrogens with one attached hydrogen (secondary N) is 1. The van der Waals surface area contributed by atoms with E-state index in [1.807, 2.05) is 0 Å². The second kappa shape index (κ2) is 7.57. The van der Waals surface area contributed by atoms with Crippen molar-refractivity contribution >= 4 is 0 Å². The lowest BCUT2D eigenvalue weighted by molar-refractivity contribution is 0.418. The van der Waals surface area contributed by atoms with Crippen molar-refractivity contribution in [2.75, 3.05) is 13.1 Å². The quantitative estimate of drug-likeness (QED) is 0.718. The van der Waals surface area contributed by atoms with Crippen LogP contribution in [0, 0.1) is 13.8 Å². The molecule has 0 saturated carbocycles. The molecule has 0 unspecified atom stereocenters. The van der Waals surface area contributed by atoms with Crippen LogP contribution in [0.3, 0.4) is 0 Å². The molecular formula is C15H29N3. The van der Waals surface area contributed by atoms with E-state index in [4.69, 9.17) is 5.10 Å². The van der Waals surface area contributed by atoms with Gasteiger partial charge in [-0.3, -0.25) is 4.68 Å². The van der Waals surface area contributed by atoms with Gasteiger partial charge in [-0.25, -0.2) is 0 Å². The lowest BCUT2D eigenvalue weighted by Crippen LogP contribution is -2.18. The standard InChI is InChI=1S/C15H29N3/c1-6-10-16-11-9-15-12(4)17-18(13(15)5)14(7-2)8-3/h14,16H,6-11H2,1-5H3. The van der Waals surface area contributed by atoms with Gasteiger partial charge < -0.3 is 5.32 Å². The molecule has 1 heterocycles. The van der Waals surface area contributed by atoms with Gasteiger partial charge in [0, 0.05) is 5.69 Å². The van der Waals surface area contributed by atoms with Crippen LogP contribution in [0.4, 0.5) is 0 Å². The van der Waals surface area contributed by atoms with Crippen LogP contribution in [-0.2, 0) is 6.42 Å². The first-order chi connectivity index (χ1) is 8.65. The molecule has 104 valence electrons. The molecule has 1 rings (SSSR count). The van der Waals surface area contributed by atoms with E-state index in [0.717, 1.165) is 32.4 Å².